The zero-order valence-corrected chi connectivity index (χ0v) is 18.5. The van der Waals surface area contributed by atoms with Crippen LogP contribution in [0.2, 0.25) is 0 Å². The Balaban J connectivity index is 1.74. The van der Waals surface area contributed by atoms with Gasteiger partial charge in [-0.05, 0) is 44.4 Å². The van der Waals surface area contributed by atoms with Crippen molar-refractivity contribution in [1.82, 2.24) is 10.6 Å². The van der Waals surface area contributed by atoms with Crippen LogP contribution in [0, 0.1) is 12.8 Å². The summed E-state index contributed by atoms with van der Waals surface area (Å²) in [6, 6.07) is 14.1. The summed E-state index contributed by atoms with van der Waals surface area (Å²) in [7, 11) is 1.58. The van der Waals surface area contributed by atoms with Crippen molar-refractivity contribution in [1.29, 1.82) is 0 Å². The molecule has 3 atom stereocenters. The molecular weight excluding hydrogens is 406 g/mol. The van der Waals surface area contributed by atoms with Crippen LogP contribution in [0.3, 0.4) is 0 Å². The Hall–Kier alpha value is -3.35. The number of hydrogen-bond acceptors (Lipinski definition) is 4. The third-order valence-electron chi connectivity index (χ3n) is 6.31. The SMILES string of the molecule is COc1ccccc1C1C(C(=O)NC2CCCNC2=O)CCC(=O)N1c1ccc(C)cc1. The number of nitrogens with one attached hydrogen (secondary N) is 2. The maximum Gasteiger partial charge on any atom is 0.242 e. The van der Waals surface area contributed by atoms with Crippen LogP contribution in [0.5, 0.6) is 5.75 Å². The van der Waals surface area contributed by atoms with E-state index in [1.807, 2.05) is 55.5 Å². The average molecular weight is 436 g/mol. The third kappa shape index (κ3) is 4.33. The van der Waals surface area contributed by atoms with Crippen molar-refractivity contribution >= 4 is 23.4 Å². The van der Waals surface area contributed by atoms with Gasteiger partial charge in [-0.15, -0.1) is 0 Å². The number of benzene rings is 2. The minimum Gasteiger partial charge on any atom is -0.496 e. The van der Waals surface area contributed by atoms with Gasteiger partial charge in [0.15, 0.2) is 0 Å². The first-order valence-electron chi connectivity index (χ1n) is 11.1. The highest BCUT2D eigenvalue weighted by Crippen LogP contribution is 2.43. The van der Waals surface area contributed by atoms with Crippen LogP contribution in [0.4, 0.5) is 5.69 Å². The highest BCUT2D eigenvalue weighted by molar-refractivity contribution is 5.98. The van der Waals surface area contributed by atoms with E-state index in [1.54, 1.807) is 12.0 Å². The van der Waals surface area contributed by atoms with E-state index in [0.29, 0.717) is 25.1 Å². The standard InChI is InChI=1S/C25H29N3O4/c1-16-9-11-17(12-10-16)28-22(29)14-13-19(23(28)18-6-3-4-8-21(18)32-2)24(30)27-20-7-5-15-26-25(20)31/h3-4,6,8-12,19-20,23H,5,7,13-15H2,1-2H3,(H,26,31)(H,27,30). The first-order valence-corrected chi connectivity index (χ1v) is 11.1. The molecule has 2 heterocycles. The van der Waals surface area contributed by atoms with E-state index in [4.69, 9.17) is 4.74 Å². The quantitative estimate of drug-likeness (QED) is 0.756. The Kier molecular flexibility index (Phi) is 6.44. The molecule has 0 aliphatic carbocycles. The predicted octanol–water partition coefficient (Wildman–Crippen LogP) is 2.88. The molecule has 2 aromatic rings. The molecule has 7 heteroatoms. The molecule has 168 valence electrons. The fraction of sp³-hybridized carbons (Fsp3) is 0.400. The Morgan fingerprint density at radius 3 is 2.56 bits per heavy atom. The molecule has 7 nitrogen and oxygen atoms in total. The van der Waals surface area contributed by atoms with Crippen molar-refractivity contribution in [3.05, 3.63) is 59.7 Å². The molecule has 3 unspecified atom stereocenters. The van der Waals surface area contributed by atoms with E-state index in [-0.39, 0.29) is 24.1 Å². The highest BCUT2D eigenvalue weighted by Gasteiger charge is 2.43. The fourth-order valence-corrected chi connectivity index (χ4v) is 4.63. The topological polar surface area (TPSA) is 87.7 Å². The maximum absolute atomic E-state index is 13.5. The van der Waals surface area contributed by atoms with Crippen molar-refractivity contribution in [3.8, 4) is 5.75 Å². The van der Waals surface area contributed by atoms with Crippen LogP contribution in [0.1, 0.15) is 42.9 Å². The molecule has 2 N–H and O–H groups in total. The number of nitrogens with zero attached hydrogens (tertiary/aromatic N) is 1. The Morgan fingerprint density at radius 2 is 1.84 bits per heavy atom. The van der Waals surface area contributed by atoms with E-state index in [0.717, 1.165) is 23.2 Å². The monoisotopic (exact) mass is 435 g/mol. The van der Waals surface area contributed by atoms with E-state index in [9.17, 15) is 14.4 Å². The number of rotatable bonds is 5. The lowest BCUT2D eigenvalue weighted by molar-refractivity contribution is -0.134. The molecule has 2 aliphatic heterocycles. The molecule has 2 aliphatic rings. The summed E-state index contributed by atoms with van der Waals surface area (Å²) in [5.41, 5.74) is 2.60. The van der Waals surface area contributed by atoms with E-state index >= 15 is 0 Å². The lowest BCUT2D eigenvalue weighted by atomic mass is 9.82. The molecule has 0 aromatic heterocycles. The number of aryl methyl sites for hydroxylation is 1. The van der Waals surface area contributed by atoms with Gasteiger partial charge < -0.3 is 20.3 Å². The van der Waals surface area contributed by atoms with Crippen LogP contribution in [-0.4, -0.2) is 37.4 Å². The molecule has 2 saturated heterocycles. The minimum atomic E-state index is -0.542. The first-order chi connectivity index (χ1) is 15.5. The molecule has 4 rings (SSSR count). The van der Waals surface area contributed by atoms with Crippen LogP contribution in [-0.2, 0) is 14.4 Å². The van der Waals surface area contributed by atoms with E-state index in [1.165, 1.54) is 0 Å². The molecule has 32 heavy (non-hydrogen) atoms. The lowest BCUT2D eigenvalue weighted by Crippen LogP contribution is -2.54. The molecule has 2 aromatic carbocycles. The second-order valence-electron chi connectivity index (χ2n) is 8.43. The Labute approximate surface area is 188 Å². The van der Waals surface area contributed by atoms with Crippen molar-refractivity contribution in [2.75, 3.05) is 18.6 Å². The van der Waals surface area contributed by atoms with Gasteiger partial charge in [-0.1, -0.05) is 35.9 Å². The molecule has 3 amide bonds. The maximum atomic E-state index is 13.5. The Bertz CT molecular complexity index is 1000. The summed E-state index contributed by atoms with van der Waals surface area (Å²) >= 11 is 0. The van der Waals surface area contributed by atoms with Crippen molar-refractivity contribution in [2.24, 2.45) is 5.92 Å². The van der Waals surface area contributed by atoms with E-state index < -0.39 is 18.0 Å². The van der Waals surface area contributed by atoms with E-state index in [2.05, 4.69) is 10.6 Å². The number of ether oxygens (including phenoxy) is 1. The van der Waals surface area contributed by atoms with Crippen molar-refractivity contribution in [2.45, 2.75) is 44.7 Å². The van der Waals surface area contributed by atoms with Gasteiger partial charge >= 0.3 is 0 Å². The fourth-order valence-electron chi connectivity index (χ4n) is 4.63. The summed E-state index contributed by atoms with van der Waals surface area (Å²) in [4.78, 5) is 40.6. The normalized spacial score (nSPS) is 23.4. The summed E-state index contributed by atoms with van der Waals surface area (Å²) in [6.45, 7) is 2.62. The molecule has 0 radical (unpaired) electrons. The van der Waals surface area contributed by atoms with Gasteiger partial charge in [0.25, 0.3) is 0 Å². The third-order valence-corrected chi connectivity index (χ3v) is 6.31. The van der Waals surface area contributed by atoms with Crippen molar-refractivity contribution < 1.29 is 19.1 Å². The Morgan fingerprint density at radius 1 is 1.09 bits per heavy atom. The summed E-state index contributed by atoms with van der Waals surface area (Å²) in [5.74, 6) is -0.296. The van der Waals surface area contributed by atoms with Crippen molar-refractivity contribution in [3.63, 3.8) is 0 Å². The minimum absolute atomic E-state index is 0.0378. The summed E-state index contributed by atoms with van der Waals surface area (Å²) in [5, 5.41) is 5.75. The number of para-hydroxylation sites is 1. The lowest BCUT2D eigenvalue weighted by Gasteiger charge is -2.41. The molecule has 0 bridgehead atoms. The number of piperidine rings is 2. The number of hydrogen-bond donors (Lipinski definition) is 2. The predicted molar refractivity (Wildman–Crippen MR) is 121 cm³/mol. The van der Waals surface area contributed by atoms with Crippen LogP contribution in [0.15, 0.2) is 48.5 Å². The molecule has 0 spiro atoms. The van der Waals surface area contributed by atoms with Gasteiger partial charge in [-0.25, -0.2) is 0 Å². The van der Waals surface area contributed by atoms with Crippen LogP contribution in [0.25, 0.3) is 0 Å². The molecular formula is C25H29N3O4. The highest BCUT2D eigenvalue weighted by atomic mass is 16.5. The summed E-state index contributed by atoms with van der Waals surface area (Å²) < 4.78 is 5.60. The second-order valence-corrected chi connectivity index (χ2v) is 8.43. The van der Waals surface area contributed by atoms with Gasteiger partial charge in [0.1, 0.15) is 11.8 Å². The van der Waals surface area contributed by atoms with Gasteiger partial charge in [0.05, 0.1) is 19.1 Å². The van der Waals surface area contributed by atoms with Gasteiger partial charge in [0, 0.05) is 24.2 Å². The van der Waals surface area contributed by atoms with Gasteiger partial charge in [0.2, 0.25) is 17.7 Å². The first kappa shape index (κ1) is 21.9. The number of amides is 3. The smallest absolute Gasteiger partial charge is 0.242 e. The molecule has 2 fully saturated rings. The van der Waals surface area contributed by atoms with Gasteiger partial charge in [-0.3, -0.25) is 14.4 Å². The number of carbonyl (C=O) groups excluding carboxylic acids is 3. The number of carbonyl (C=O) groups is 3. The molecule has 0 saturated carbocycles. The zero-order valence-electron chi connectivity index (χ0n) is 18.5. The number of anilines is 1. The largest absolute Gasteiger partial charge is 0.496 e. The van der Waals surface area contributed by atoms with Crippen LogP contribution < -0.4 is 20.3 Å². The second kappa shape index (κ2) is 9.42. The average Bonchev–Trinajstić information content (AvgIpc) is 2.81. The number of methoxy groups -OCH3 is 1. The van der Waals surface area contributed by atoms with Crippen LogP contribution >= 0.6 is 0 Å². The zero-order chi connectivity index (χ0) is 22.7. The summed E-state index contributed by atoms with van der Waals surface area (Å²) in [6.07, 6.45) is 2.11. The van der Waals surface area contributed by atoms with Gasteiger partial charge in [-0.2, -0.15) is 0 Å².